The van der Waals surface area contributed by atoms with E-state index in [1.165, 1.54) is 17.8 Å². The summed E-state index contributed by atoms with van der Waals surface area (Å²) in [6, 6.07) is 12.8. The number of carbonyl (C=O) groups excluding carboxylic acids is 1. The molecular weight excluding hydrogens is 377 g/mol. The number of carbonyl (C=O) groups is 1. The van der Waals surface area contributed by atoms with Gasteiger partial charge in [0.1, 0.15) is 5.82 Å². The van der Waals surface area contributed by atoms with Gasteiger partial charge in [-0.25, -0.2) is 9.38 Å². The Morgan fingerprint density at radius 2 is 2.04 bits per heavy atom. The first-order chi connectivity index (χ1) is 13.6. The minimum Gasteiger partial charge on any atom is -0.378 e. The lowest BCUT2D eigenvalue weighted by Gasteiger charge is -2.29. The van der Waals surface area contributed by atoms with Crippen LogP contribution in [0, 0.1) is 12.7 Å². The number of amidine groups is 1. The van der Waals surface area contributed by atoms with Crippen LogP contribution in [0.3, 0.4) is 0 Å². The van der Waals surface area contributed by atoms with E-state index >= 15 is 0 Å². The van der Waals surface area contributed by atoms with E-state index in [1.807, 2.05) is 42.2 Å². The largest absolute Gasteiger partial charge is 0.378 e. The SMILES string of the molecule is Cc1cccc(N=C2NC(=O)/C(=C/c3ccc(N4CCOCC4)c(F)c3)S2)c1. The molecule has 0 aromatic heterocycles. The summed E-state index contributed by atoms with van der Waals surface area (Å²) in [5, 5.41) is 3.28. The van der Waals surface area contributed by atoms with Crippen molar-refractivity contribution in [2.75, 3.05) is 31.2 Å². The van der Waals surface area contributed by atoms with E-state index in [2.05, 4.69) is 10.3 Å². The van der Waals surface area contributed by atoms with Crippen molar-refractivity contribution in [2.45, 2.75) is 6.92 Å². The van der Waals surface area contributed by atoms with Crippen LogP contribution in [0.2, 0.25) is 0 Å². The topological polar surface area (TPSA) is 53.9 Å². The summed E-state index contributed by atoms with van der Waals surface area (Å²) >= 11 is 1.25. The quantitative estimate of drug-likeness (QED) is 0.799. The van der Waals surface area contributed by atoms with Crippen molar-refractivity contribution in [3.63, 3.8) is 0 Å². The molecule has 0 unspecified atom stereocenters. The van der Waals surface area contributed by atoms with Crippen molar-refractivity contribution >= 4 is 40.3 Å². The number of aliphatic imine (C=N–C) groups is 1. The van der Waals surface area contributed by atoms with Crippen LogP contribution in [0.4, 0.5) is 15.8 Å². The smallest absolute Gasteiger partial charge is 0.264 e. The fourth-order valence-corrected chi connectivity index (χ4v) is 3.96. The van der Waals surface area contributed by atoms with Gasteiger partial charge in [0.25, 0.3) is 5.91 Å². The molecule has 0 aliphatic carbocycles. The zero-order valence-corrected chi connectivity index (χ0v) is 16.3. The molecule has 28 heavy (non-hydrogen) atoms. The molecule has 2 heterocycles. The maximum Gasteiger partial charge on any atom is 0.264 e. The van der Waals surface area contributed by atoms with Gasteiger partial charge < -0.3 is 15.0 Å². The van der Waals surface area contributed by atoms with Crippen molar-refractivity contribution in [1.82, 2.24) is 5.32 Å². The molecule has 0 atom stereocenters. The lowest BCUT2D eigenvalue weighted by Crippen LogP contribution is -2.36. The van der Waals surface area contributed by atoms with Gasteiger partial charge in [0.05, 0.1) is 29.5 Å². The zero-order chi connectivity index (χ0) is 19.5. The maximum absolute atomic E-state index is 14.6. The second kappa shape index (κ2) is 8.16. The highest BCUT2D eigenvalue weighted by Gasteiger charge is 2.24. The predicted octanol–water partition coefficient (Wildman–Crippen LogP) is 3.86. The number of hydrogen-bond donors (Lipinski definition) is 1. The third-order valence-electron chi connectivity index (χ3n) is 4.50. The van der Waals surface area contributed by atoms with Crippen LogP contribution < -0.4 is 10.2 Å². The van der Waals surface area contributed by atoms with Gasteiger partial charge in [-0.1, -0.05) is 18.2 Å². The van der Waals surface area contributed by atoms with Crippen LogP contribution in [0.15, 0.2) is 52.4 Å². The van der Waals surface area contributed by atoms with Gasteiger partial charge in [-0.15, -0.1) is 0 Å². The molecule has 2 fully saturated rings. The molecule has 0 bridgehead atoms. The van der Waals surface area contributed by atoms with E-state index in [0.717, 1.165) is 11.3 Å². The summed E-state index contributed by atoms with van der Waals surface area (Å²) in [4.78, 5) is 19.2. The summed E-state index contributed by atoms with van der Waals surface area (Å²) < 4.78 is 19.9. The molecule has 0 saturated carbocycles. The van der Waals surface area contributed by atoms with Gasteiger partial charge in [0.2, 0.25) is 0 Å². The average Bonchev–Trinajstić information content (AvgIpc) is 3.01. The molecule has 2 saturated heterocycles. The first-order valence-corrected chi connectivity index (χ1v) is 9.89. The van der Waals surface area contributed by atoms with E-state index in [9.17, 15) is 9.18 Å². The molecule has 1 amide bonds. The number of nitrogens with one attached hydrogen (secondary N) is 1. The summed E-state index contributed by atoms with van der Waals surface area (Å²) in [5.41, 5.74) is 3.09. The number of halogens is 1. The van der Waals surface area contributed by atoms with Crippen molar-refractivity contribution < 1.29 is 13.9 Å². The molecule has 2 aliphatic rings. The van der Waals surface area contributed by atoms with Gasteiger partial charge >= 0.3 is 0 Å². The van der Waals surface area contributed by atoms with Crippen molar-refractivity contribution in [2.24, 2.45) is 4.99 Å². The second-order valence-electron chi connectivity index (χ2n) is 6.63. The lowest BCUT2D eigenvalue weighted by molar-refractivity contribution is -0.115. The molecule has 1 N–H and O–H groups in total. The Labute approximate surface area is 167 Å². The Balaban J connectivity index is 1.52. The Bertz CT molecular complexity index is 968. The summed E-state index contributed by atoms with van der Waals surface area (Å²) in [7, 11) is 0. The van der Waals surface area contributed by atoms with E-state index in [0.29, 0.717) is 47.6 Å². The zero-order valence-electron chi connectivity index (χ0n) is 15.4. The number of amides is 1. The molecule has 2 aliphatic heterocycles. The monoisotopic (exact) mass is 397 g/mol. The van der Waals surface area contributed by atoms with Gasteiger partial charge in [-0.2, -0.15) is 0 Å². The number of rotatable bonds is 3. The van der Waals surface area contributed by atoms with Crippen LogP contribution in [0.25, 0.3) is 6.08 Å². The molecule has 0 radical (unpaired) electrons. The summed E-state index contributed by atoms with van der Waals surface area (Å²) in [5.74, 6) is -0.526. The van der Waals surface area contributed by atoms with Gasteiger partial charge in [0, 0.05) is 13.1 Å². The Morgan fingerprint density at radius 3 is 2.79 bits per heavy atom. The average molecular weight is 397 g/mol. The molecule has 0 spiro atoms. The van der Waals surface area contributed by atoms with Crippen LogP contribution in [-0.2, 0) is 9.53 Å². The Kier molecular flexibility index (Phi) is 5.45. The van der Waals surface area contributed by atoms with Gasteiger partial charge in [-0.3, -0.25) is 4.79 Å². The summed E-state index contributed by atoms with van der Waals surface area (Å²) in [6.07, 6.45) is 1.69. The number of morpholine rings is 1. The molecule has 2 aromatic rings. The third kappa shape index (κ3) is 4.26. The minimum atomic E-state index is -0.298. The number of nitrogens with zero attached hydrogens (tertiary/aromatic N) is 2. The van der Waals surface area contributed by atoms with Crippen LogP contribution in [0.1, 0.15) is 11.1 Å². The Morgan fingerprint density at radius 1 is 1.21 bits per heavy atom. The number of hydrogen-bond acceptors (Lipinski definition) is 5. The van der Waals surface area contributed by atoms with Crippen molar-refractivity contribution in [1.29, 1.82) is 0 Å². The van der Waals surface area contributed by atoms with Crippen LogP contribution in [-0.4, -0.2) is 37.4 Å². The maximum atomic E-state index is 14.6. The highest BCUT2D eigenvalue weighted by Crippen LogP contribution is 2.29. The highest BCUT2D eigenvalue weighted by atomic mass is 32.2. The molecule has 5 nitrogen and oxygen atoms in total. The second-order valence-corrected chi connectivity index (χ2v) is 7.66. The van der Waals surface area contributed by atoms with Crippen molar-refractivity contribution in [3.8, 4) is 0 Å². The lowest BCUT2D eigenvalue weighted by atomic mass is 10.1. The van der Waals surface area contributed by atoms with E-state index in [-0.39, 0.29) is 11.7 Å². The third-order valence-corrected chi connectivity index (χ3v) is 5.41. The number of aryl methyl sites for hydroxylation is 1. The van der Waals surface area contributed by atoms with Crippen molar-refractivity contribution in [3.05, 3.63) is 64.3 Å². The molecule has 4 rings (SSSR count). The molecular formula is C21H20FN3O2S. The van der Waals surface area contributed by atoms with E-state index in [1.54, 1.807) is 12.1 Å². The first kappa shape index (κ1) is 18.7. The number of thioether (sulfide) groups is 1. The number of ether oxygens (including phenoxy) is 1. The Hall–Kier alpha value is -2.64. The molecule has 144 valence electrons. The molecule has 7 heteroatoms. The molecule has 2 aromatic carbocycles. The minimum absolute atomic E-state index is 0.228. The fraction of sp³-hybridized carbons (Fsp3) is 0.238. The normalized spacial score (nSPS) is 20.1. The van der Waals surface area contributed by atoms with Crippen LogP contribution in [0.5, 0.6) is 0 Å². The summed E-state index contributed by atoms with van der Waals surface area (Å²) in [6.45, 7) is 4.55. The van der Waals surface area contributed by atoms with Gasteiger partial charge in [-0.05, 0) is 60.2 Å². The van der Waals surface area contributed by atoms with Gasteiger partial charge in [0.15, 0.2) is 5.17 Å². The first-order valence-electron chi connectivity index (χ1n) is 9.07. The van der Waals surface area contributed by atoms with E-state index in [4.69, 9.17) is 4.74 Å². The predicted molar refractivity (Wildman–Crippen MR) is 111 cm³/mol. The number of anilines is 1. The fourth-order valence-electron chi connectivity index (χ4n) is 3.12. The van der Waals surface area contributed by atoms with Crippen LogP contribution >= 0.6 is 11.8 Å². The highest BCUT2D eigenvalue weighted by molar-refractivity contribution is 8.18. The standard InChI is InChI=1S/C21H20FN3O2S/c1-14-3-2-4-16(11-14)23-21-24-20(26)19(28-21)13-15-5-6-18(17(22)12-15)25-7-9-27-10-8-25/h2-6,11-13H,7-10H2,1H3,(H,23,24,26)/b19-13-. The number of benzene rings is 2. The van der Waals surface area contributed by atoms with E-state index < -0.39 is 0 Å².